The van der Waals surface area contributed by atoms with Crippen LogP contribution in [0.5, 0.6) is 0 Å². The maximum atomic E-state index is 4.47. The van der Waals surface area contributed by atoms with Crippen molar-refractivity contribution in [1.82, 2.24) is 10.3 Å². The van der Waals surface area contributed by atoms with Crippen LogP contribution in [0.4, 0.5) is 0 Å². The van der Waals surface area contributed by atoms with Gasteiger partial charge < -0.3 is 5.32 Å². The second-order valence-corrected chi connectivity index (χ2v) is 5.92. The highest BCUT2D eigenvalue weighted by molar-refractivity contribution is 7.09. The third-order valence-corrected chi connectivity index (χ3v) is 4.21. The van der Waals surface area contributed by atoms with Crippen LogP contribution in [0.25, 0.3) is 0 Å². The molecule has 1 heterocycles. The first kappa shape index (κ1) is 14.2. The van der Waals surface area contributed by atoms with Crippen LogP contribution in [0.3, 0.4) is 0 Å². The van der Waals surface area contributed by atoms with Gasteiger partial charge in [-0.3, -0.25) is 0 Å². The van der Waals surface area contributed by atoms with E-state index < -0.39 is 0 Å². The average Bonchev–Trinajstić information content (AvgIpc) is 2.83. The Morgan fingerprint density at radius 2 is 2.00 bits per heavy atom. The molecular formula is C16H22N2S. The first-order chi connectivity index (χ1) is 9.19. The fraction of sp³-hybridized carbons (Fsp3) is 0.438. The quantitative estimate of drug-likeness (QED) is 0.851. The Labute approximate surface area is 119 Å². The Morgan fingerprint density at radius 3 is 2.58 bits per heavy atom. The fourth-order valence-corrected chi connectivity index (χ4v) is 2.83. The molecule has 102 valence electrons. The van der Waals surface area contributed by atoms with Gasteiger partial charge >= 0.3 is 0 Å². The van der Waals surface area contributed by atoms with Gasteiger partial charge in [0.2, 0.25) is 0 Å². The summed E-state index contributed by atoms with van der Waals surface area (Å²) < 4.78 is 0. The van der Waals surface area contributed by atoms with E-state index in [1.807, 2.05) is 6.92 Å². The minimum absolute atomic E-state index is 0.361. The third kappa shape index (κ3) is 4.15. The van der Waals surface area contributed by atoms with Gasteiger partial charge in [0.05, 0.1) is 0 Å². The number of thiazole rings is 1. The first-order valence-electron chi connectivity index (χ1n) is 6.92. The minimum atomic E-state index is 0.361. The SMILES string of the molecule is CCCc1ccc(C(C)NCc2nc(C)cs2)cc1. The van der Waals surface area contributed by atoms with Gasteiger partial charge in [-0.1, -0.05) is 37.6 Å². The van der Waals surface area contributed by atoms with E-state index in [1.165, 1.54) is 24.0 Å². The maximum absolute atomic E-state index is 4.47. The van der Waals surface area contributed by atoms with E-state index in [2.05, 4.69) is 53.8 Å². The van der Waals surface area contributed by atoms with Gasteiger partial charge in [-0.2, -0.15) is 0 Å². The molecule has 0 amide bonds. The highest BCUT2D eigenvalue weighted by Gasteiger charge is 2.06. The summed E-state index contributed by atoms with van der Waals surface area (Å²) in [4.78, 5) is 4.47. The molecule has 1 aromatic heterocycles. The van der Waals surface area contributed by atoms with Crippen LogP contribution in [0.1, 0.15) is 48.1 Å². The number of benzene rings is 1. The zero-order valence-corrected chi connectivity index (χ0v) is 12.8. The first-order valence-corrected chi connectivity index (χ1v) is 7.80. The Hall–Kier alpha value is -1.19. The minimum Gasteiger partial charge on any atom is -0.304 e. The lowest BCUT2D eigenvalue weighted by molar-refractivity contribution is 0.572. The number of aryl methyl sites for hydroxylation is 2. The van der Waals surface area contributed by atoms with Crippen molar-refractivity contribution in [2.24, 2.45) is 0 Å². The lowest BCUT2D eigenvalue weighted by Gasteiger charge is -2.13. The van der Waals surface area contributed by atoms with Crippen molar-refractivity contribution in [3.05, 3.63) is 51.5 Å². The van der Waals surface area contributed by atoms with Gasteiger partial charge in [0.25, 0.3) is 0 Å². The molecule has 0 radical (unpaired) electrons. The topological polar surface area (TPSA) is 24.9 Å². The van der Waals surface area contributed by atoms with E-state index in [-0.39, 0.29) is 0 Å². The Bertz CT molecular complexity index is 502. The monoisotopic (exact) mass is 274 g/mol. The summed E-state index contributed by atoms with van der Waals surface area (Å²) in [5.74, 6) is 0. The van der Waals surface area contributed by atoms with Crippen LogP contribution in [0.2, 0.25) is 0 Å². The van der Waals surface area contributed by atoms with Crippen molar-refractivity contribution >= 4 is 11.3 Å². The molecule has 0 saturated heterocycles. The normalized spacial score (nSPS) is 12.6. The standard InChI is InChI=1S/C16H22N2S/c1-4-5-14-6-8-15(9-7-14)13(3)17-10-16-18-12(2)11-19-16/h6-9,11,13,17H,4-5,10H2,1-3H3. The zero-order chi connectivity index (χ0) is 13.7. The van der Waals surface area contributed by atoms with Gasteiger partial charge in [0.1, 0.15) is 5.01 Å². The highest BCUT2D eigenvalue weighted by atomic mass is 32.1. The number of rotatable bonds is 6. The molecule has 1 aromatic carbocycles. The molecule has 2 aromatic rings. The van der Waals surface area contributed by atoms with Crippen LogP contribution < -0.4 is 5.32 Å². The van der Waals surface area contributed by atoms with Crippen molar-refractivity contribution in [2.75, 3.05) is 0 Å². The zero-order valence-electron chi connectivity index (χ0n) is 11.9. The second kappa shape index (κ2) is 6.83. The third-order valence-electron chi connectivity index (χ3n) is 3.24. The molecule has 0 aliphatic heterocycles. The number of nitrogens with zero attached hydrogens (tertiary/aromatic N) is 1. The molecule has 2 nitrogen and oxygen atoms in total. The van der Waals surface area contributed by atoms with Gasteiger partial charge in [-0.25, -0.2) is 4.98 Å². The summed E-state index contributed by atoms with van der Waals surface area (Å²) in [5.41, 5.74) is 3.88. The largest absolute Gasteiger partial charge is 0.304 e. The Morgan fingerprint density at radius 1 is 1.26 bits per heavy atom. The van der Waals surface area contributed by atoms with Crippen molar-refractivity contribution in [2.45, 2.75) is 46.2 Å². The molecule has 1 N–H and O–H groups in total. The Kier molecular flexibility index (Phi) is 5.11. The lowest BCUT2D eigenvalue weighted by Crippen LogP contribution is -2.17. The van der Waals surface area contributed by atoms with E-state index in [0.29, 0.717) is 6.04 Å². The molecule has 1 atom stereocenters. The van der Waals surface area contributed by atoms with Gasteiger partial charge in [-0.05, 0) is 31.4 Å². The van der Waals surface area contributed by atoms with E-state index in [1.54, 1.807) is 11.3 Å². The molecular weight excluding hydrogens is 252 g/mol. The predicted molar refractivity (Wildman–Crippen MR) is 82.5 cm³/mol. The van der Waals surface area contributed by atoms with E-state index in [9.17, 15) is 0 Å². The molecule has 2 rings (SSSR count). The molecule has 0 saturated carbocycles. The van der Waals surface area contributed by atoms with Crippen molar-refractivity contribution < 1.29 is 0 Å². The van der Waals surface area contributed by atoms with Crippen LogP contribution in [-0.4, -0.2) is 4.98 Å². The van der Waals surface area contributed by atoms with Crippen LogP contribution >= 0.6 is 11.3 Å². The van der Waals surface area contributed by atoms with Gasteiger partial charge in [0, 0.05) is 23.7 Å². The van der Waals surface area contributed by atoms with E-state index in [0.717, 1.165) is 17.2 Å². The molecule has 1 unspecified atom stereocenters. The van der Waals surface area contributed by atoms with Crippen LogP contribution in [0.15, 0.2) is 29.6 Å². The smallest absolute Gasteiger partial charge is 0.107 e. The van der Waals surface area contributed by atoms with E-state index in [4.69, 9.17) is 0 Å². The number of aromatic nitrogens is 1. The van der Waals surface area contributed by atoms with Gasteiger partial charge in [-0.15, -0.1) is 11.3 Å². The molecule has 19 heavy (non-hydrogen) atoms. The molecule has 0 aliphatic rings. The molecule has 3 heteroatoms. The summed E-state index contributed by atoms with van der Waals surface area (Å²) in [5, 5.41) is 6.79. The van der Waals surface area contributed by atoms with Gasteiger partial charge in [0.15, 0.2) is 0 Å². The summed E-state index contributed by atoms with van der Waals surface area (Å²) in [7, 11) is 0. The number of hydrogen-bond acceptors (Lipinski definition) is 3. The summed E-state index contributed by atoms with van der Waals surface area (Å²) >= 11 is 1.72. The predicted octanol–water partition coefficient (Wildman–Crippen LogP) is 4.25. The van der Waals surface area contributed by atoms with Crippen LogP contribution in [0, 0.1) is 6.92 Å². The number of nitrogens with one attached hydrogen (secondary N) is 1. The molecule has 0 fully saturated rings. The van der Waals surface area contributed by atoms with Crippen LogP contribution in [-0.2, 0) is 13.0 Å². The highest BCUT2D eigenvalue weighted by Crippen LogP contribution is 2.16. The fourth-order valence-electron chi connectivity index (χ4n) is 2.10. The summed E-state index contributed by atoms with van der Waals surface area (Å²) in [6.45, 7) is 7.30. The van der Waals surface area contributed by atoms with Crippen molar-refractivity contribution in [1.29, 1.82) is 0 Å². The molecule has 0 bridgehead atoms. The Balaban J connectivity index is 1.90. The average molecular weight is 274 g/mol. The maximum Gasteiger partial charge on any atom is 0.107 e. The van der Waals surface area contributed by atoms with Crippen molar-refractivity contribution in [3.63, 3.8) is 0 Å². The van der Waals surface area contributed by atoms with Crippen molar-refractivity contribution in [3.8, 4) is 0 Å². The molecule has 0 spiro atoms. The lowest BCUT2D eigenvalue weighted by atomic mass is 10.0. The molecule has 0 aliphatic carbocycles. The number of hydrogen-bond donors (Lipinski definition) is 1. The second-order valence-electron chi connectivity index (χ2n) is 4.98. The summed E-state index contributed by atoms with van der Waals surface area (Å²) in [6.07, 6.45) is 2.37. The van der Waals surface area contributed by atoms with E-state index >= 15 is 0 Å². The summed E-state index contributed by atoms with van der Waals surface area (Å²) in [6, 6.07) is 9.31.